The van der Waals surface area contributed by atoms with Crippen molar-refractivity contribution in [2.45, 2.75) is 44.7 Å². The molecule has 2 rings (SSSR count). The Morgan fingerprint density at radius 1 is 1.13 bits per heavy atom. The zero-order chi connectivity index (χ0) is 10.5. The first-order valence-electron chi connectivity index (χ1n) is 6.41. The van der Waals surface area contributed by atoms with E-state index >= 15 is 0 Å². The highest BCUT2D eigenvalue weighted by Crippen LogP contribution is 2.16. The van der Waals surface area contributed by atoms with E-state index in [1.54, 1.807) is 0 Å². The van der Waals surface area contributed by atoms with Gasteiger partial charge < -0.3 is 15.0 Å². The second kappa shape index (κ2) is 5.83. The summed E-state index contributed by atoms with van der Waals surface area (Å²) in [5, 5.41) is 3.56. The summed E-state index contributed by atoms with van der Waals surface area (Å²) < 4.78 is 5.43. The van der Waals surface area contributed by atoms with Gasteiger partial charge in [0.05, 0.1) is 0 Å². The summed E-state index contributed by atoms with van der Waals surface area (Å²) in [5.41, 5.74) is 0. The Morgan fingerprint density at radius 3 is 2.73 bits per heavy atom. The minimum absolute atomic E-state index is 0.688. The van der Waals surface area contributed by atoms with Crippen LogP contribution in [0.3, 0.4) is 0 Å². The Labute approximate surface area is 93.2 Å². The lowest BCUT2D eigenvalue weighted by Gasteiger charge is -2.36. The molecule has 0 aromatic rings. The number of hydrogen-bond acceptors (Lipinski definition) is 3. The Balaban J connectivity index is 1.82. The quantitative estimate of drug-likeness (QED) is 0.708. The van der Waals surface area contributed by atoms with Crippen LogP contribution >= 0.6 is 0 Å². The van der Waals surface area contributed by atoms with E-state index < -0.39 is 0 Å². The van der Waals surface area contributed by atoms with Crippen LogP contribution in [0, 0.1) is 0 Å². The summed E-state index contributed by atoms with van der Waals surface area (Å²) >= 11 is 0. The van der Waals surface area contributed by atoms with Gasteiger partial charge in [0.2, 0.25) is 0 Å². The second-order valence-corrected chi connectivity index (χ2v) is 4.88. The zero-order valence-electron chi connectivity index (χ0n) is 9.87. The smallest absolute Gasteiger partial charge is 0.0480 e. The normalized spacial score (nSPS) is 32.2. The molecule has 2 heterocycles. The van der Waals surface area contributed by atoms with E-state index in [1.807, 2.05) is 0 Å². The van der Waals surface area contributed by atoms with Gasteiger partial charge in [-0.2, -0.15) is 0 Å². The third kappa shape index (κ3) is 3.44. The van der Waals surface area contributed by atoms with Crippen LogP contribution in [0.2, 0.25) is 0 Å². The van der Waals surface area contributed by atoms with Crippen molar-refractivity contribution in [2.75, 3.05) is 32.8 Å². The van der Waals surface area contributed by atoms with E-state index in [2.05, 4.69) is 17.1 Å². The molecule has 0 bridgehead atoms. The van der Waals surface area contributed by atoms with Gasteiger partial charge in [-0.25, -0.2) is 0 Å². The van der Waals surface area contributed by atoms with Gasteiger partial charge in [-0.05, 0) is 52.2 Å². The van der Waals surface area contributed by atoms with Gasteiger partial charge in [0, 0.05) is 25.3 Å². The van der Waals surface area contributed by atoms with Gasteiger partial charge in [0.1, 0.15) is 0 Å². The lowest BCUT2D eigenvalue weighted by Crippen LogP contribution is -2.45. The van der Waals surface area contributed by atoms with E-state index in [0.29, 0.717) is 6.04 Å². The SMILES string of the molecule is CC1CCN(C2CCOCC2)CCCN1. The van der Waals surface area contributed by atoms with Crippen LogP contribution in [0.25, 0.3) is 0 Å². The average Bonchev–Trinajstić information content (AvgIpc) is 2.25. The van der Waals surface area contributed by atoms with Crippen LogP contribution in [0.15, 0.2) is 0 Å². The summed E-state index contributed by atoms with van der Waals surface area (Å²) in [6.45, 7) is 7.95. The van der Waals surface area contributed by atoms with E-state index in [0.717, 1.165) is 19.3 Å². The van der Waals surface area contributed by atoms with Crippen molar-refractivity contribution < 1.29 is 4.74 Å². The van der Waals surface area contributed by atoms with Crippen molar-refractivity contribution in [1.82, 2.24) is 10.2 Å². The molecule has 1 N–H and O–H groups in total. The largest absolute Gasteiger partial charge is 0.381 e. The van der Waals surface area contributed by atoms with Crippen LogP contribution in [0.5, 0.6) is 0 Å². The highest BCUT2D eigenvalue weighted by atomic mass is 16.5. The molecule has 2 aliphatic rings. The molecule has 2 aliphatic heterocycles. The minimum Gasteiger partial charge on any atom is -0.381 e. The van der Waals surface area contributed by atoms with E-state index in [1.165, 1.54) is 45.3 Å². The Kier molecular flexibility index (Phi) is 4.42. The molecule has 3 heteroatoms. The molecule has 0 radical (unpaired) electrons. The average molecular weight is 212 g/mol. The van der Waals surface area contributed by atoms with Gasteiger partial charge in [-0.15, -0.1) is 0 Å². The molecule has 0 aromatic heterocycles. The van der Waals surface area contributed by atoms with E-state index in [-0.39, 0.29) is 0 Å². The lowest BCUT2D eigenvalue weighted by atomic mass is 10.0. The fourth-order valence-electron chi connectivity index (χ4n) is 2.62. The molecule has 0 spiro atoms. The van der Waals surface area contributed by atoms with Crippen LogP contribution in [0.1, 0.15) is 32.6 Å². The number of ether oxygens (including phenoxy) is 1. The Hall–Kier alpha value is -0.120. The molecule has 2 saturated heterocycles. The van der Waals surface area contributed by atoms with E-state index in [4.69, 9.17) is 4.74 Å². The zero-order valence-corrected chi connectivity index (χ0v) is 9.87. The molecule has 3 nitrogen and oxygen atoms in total. The molecular weight excluding hydrogens is 188 g/mol. The summed E-state index contributed by atoms with van der Waals surface area (Å²) in [6, 6.07) is 1.48. The molecule has 15 heavy (non-hydrogen) atoms. The number of rotatable bonds is 1. The fraction of sp³-hybridized carbons (Fsp3) is 1.00. The number of nitrogens with zero attached hydrogens (tertiary/aromatic N) is 1. The van der Waals surface area contributed by atoms with Gasteiger partial charge >= 0.3 is 0 Å². The first-order chi connectivity index (χ1) is 7.36. The second-order valence-electron chi connectivity index (χ2n) is 4.88. The molecule has 1 unspecified atom stereocenters. The van der Waals surface area contributed by atoms with Crippen LogP contribution in [0.4, 0.5) is 0 Å². The molecule has 88 valence electrons. The Morgan fingerprint density at radius 2 is 1.93 bits per heavy atom. The van der Waals surface area contributed by atoms with Crippen LogP contribution < -0.4 is 5.32 Å². The summed E-state index contributed by atoms with van der Waals surface area (Å²) in [4.78, 5) is 2.69. The van der Waals surface area contributed by atoms with Crippen LogP contribution in [-0.2, 0) is 4.74 Å². The minimum atomic E-state index is 0.688. The molecule has 1 atom stereocenters. The van der Waals surface area contributed by atoms with E-state index in [9.17, 15) is 0 Å². The predicted octanol–water partition coefficient (Wildman–Crippen LogP) is 1.24. The van der Waals surface area contributed by atoms with Gasteiger partial charge in [-0.1, -0.05) is 0 Å². The summed E-state index contributed by atoms with van der Waals surface area (Å²) in [5.74, 6) is 0. The third-order valence-corrected chi connectivity index (χ3v) is 3.67. The molecule has 0 aromatic carbocycles. The van der Waals surface area contributed by atoms with Gasteiger partial charge in [-0.3, -0.25) is 0 Å². The fourth-order valence-corrected chi connectivity index (χ4v) is 2.62. The maximum atomic E-state index is 5.43. The first kappa shape index (κ1) is 11.4. The van der Waals surface area contributed by atoms with Crippen LogP contribution in [-0.4, -0.2) is 49.8 Å². The van der Waals surface area contributed by atoms with Crippen molar-refractivity contribution in [3.8, 4) is 0 Å². The van der Waals surface area contributed by atoms with Crippen molar-refractivity contribution >= 4 is 0 Å². The third-order valence-electron chi connectivity index (χ3n) is 3.67. The monoisotopic (exact) mass is 212 g/mol. The van der Waals surface area contributed by atoms with Gasteiger partial charge in [0.15, 0.2) is 0 Å². The maximum Gasteiger partial charge on any atom is 0.0480 e. The molecular formula is C12H24N2O. The highest BCUT2D eigenvalue weighted by molar-refractivity contribution is 4.78. The van der Waals surface area contributed by atoms with Crippen molar-refractivity contribution in [3.63, 3.8) is 0 Å². The van der Waals surface area contributed by atoms with Gasteiger partial charge in [0.25, 0.3) is 0 Å². The predicted molar refractivity (Wildman–Crippen MR) is 62.1 cm³/mol. The van der Waals surface area contributed by atoms with Crippen molar-refractivity contribution in [1.29, 1.82) is 0 Å². The number of hydrogen-bond donors (Lipinski definition) is 1. The number of nitrogens with one attached hydrogen (secondary N) is 1. The Bertz CT molecular complexity index is 180. The molecule has 2 fully saturated rings. The topological polar surface area (TPSA) is 24.5 Å². The molecule has 0 amide bonds. The summed E-state index contributed by atoms with van der Waals surface area (Å²) in [7, 11) is 0. The summed E-state index contributed by atoms with van der Waals surface area (Å²) in [6.07, 6.45) is 5.06. The maximum absolute atomic E-state index is 5.43. The highest BCUT2D eigenvalue weighted by Gasteiger charge is 2.22. The lowest BCUT2D eigenvalue weighted by molar-refractivity contribution is 0.0306. The van der Waals surface area contributed by atoms with Crippen molar-refractivity contribution in [2.24, 2.45) is 0 Å². The standard InChI is InChI=1S/C12H24N2O/c1-11-3-8-14(7-2-6-13-11)12-4-9-15-10-5-12/h11-13H,2-10H2,1H3. The molecule has 0 aliphatic carbocycles. The molecule has 0 saturated carbocycles. The first-order valence-corrected chi connectivity index (χ1v) is 6.41. The van der Waals surface area contributed by atoms with Crippen molar-refractivity contribution in [3.05, 3.63) is 0 Å².